The number of rotatable bonds is 12. The first kappa shape index (κ1) is 32.7. The van der Waals surface area contributed by atoms with Crippen molar-refractivity contribution in [3.8, 4) is 0 Å². The summed E-state index contributed by atoms with van der Waals surface area (Å²) in [5.41, 5.74) is 2.11. The van der Waals surface area contributed by atoms with Crippen LogP contribution in [-0.4, -0.2) is 71.3 Å². The molecular formula is C35H44N4O5. The quantitative estimate of drug-likeness (QED) is 0.286. The molecule has 4 rings (SSSR count). The van der Waals surface area contributed by atoms with Gasteiger partial charge in [0.2, 0.25) is 11.8 Å². The second kappa shape index (κ2) is 15.5. The van der Waals surface area contributed by atoms with E-state index in [1.807, 2.05) is 66.7 Å². The molecule has 1 heterocycles. The van der Waals surface area contributed by atoms with E-state index in [1.165, 1.54) is 4.90 Å². The predicted molar refractivity (Wildman–Crippen MR) is 171 cm³/mol. The van der Waals surface area contributed by atoms with Crippen molar-refractivity contribution in [1.82, 2.24) is 15.5 Å². The first-order valence-electron chi connectivity index (χ1n) is 15.2. The van der Waals surface area contributed by atoms with Gasteiger partial charge in [-0.1, -0.05) is 78.9 Å². The average molecular weight is 601 g/mol. The second-order valence-corrected chi connectivity index (χ2v) is 12.2. The molecule has 3 amide bonds. The van der Waals surface area contributed by atoms with Crippen LogP contribution in [0.4, 0.5) is 10.5 Å². The number of anilines is 1. The normalized spacial score (nSPS) is 16.5. The summed E-state index contributed by atoms with van der Waals surface area (Å²) in [5, 5.41) is 17.1. The molecule has 1 aliphatic heterocycles. The SMILES string of the molecule is CC(C)(C)N1CCC[C@H]1C(=O)NC[C@@H](O)[C@H](Cc1ccccc1)NC(=O)CN(C(=O)OCc1ccccc1)c1ccccc1. The molecular weight excluding hydrogens is 556 g/mol. The van der Waals surface area contributed by atoms with Gasteiger partial charge in [-0.15, -0.1) is 0 Å². The minimum absolute atomic E-state index is 0.0212. The standard InChI is InChI=1S/C35H44N4O5/c1-35(2,3)39-21-13-20-30(39)33(42)36-23-31(40)29(22-26-14-7-4-8-15-26)37-32(41)24-38(28-18-11-6-12-19-28)34(43)44-25-27-16-9-5-10-17-27/h4-12,14-19,29-31,40H,13,20-25H2,1-3H3,(H,36,42)(H,37,41)/t29-,30-,31+/m0/s1. The fraction of sp³-hybridized carbons (Fsp3) is 0.400. The minimum atomic E-state index is -1.07. The molecule has 0 spiro atoms. The number of nitrogens with one attached hydrogen (secondary N) is 2. The van der Waals surface area contributed by atoms with Crippen LogP contribution in [0.25, 0.3) is 0 Å². The van der Waals surface area contributed by atoms with Gasteiger partial charge in [-0.05, 0) is 69.8 Å². The van der Waals surface area contributed by atoms with Crippen LogP contribution in [0.15, 0.2) is 91.0 Å². The van der Waals surface area contributed by atoms with Crippen LogP contribution in [-0.2, 0) is 27.4 Å². The molecule has 0 aliphatic carbocycles. The van der Waals surface area contributed by atoms with Gasteiger partial charge in [0.25, 0.3) is 0 Å². The number of benzene rings is 3. The zero-order valence-electron chi connectivity index (χ0n) is 25.8. The minimum Gasteiger partial charge on any atom is -0.444 e. The second-order valence-electron chi connectivity index (χ2n) is 12.2. The molecule has 1 aliphatic rings. The summed E-state index contributed by atoms with van der Waals surface area (Å²) in [6, 6.07) is 26.7. The molecule has 234 valence electrons. The highest BCUT2D eigenvalue weighted by molar-refractivity contribution is 5.95. The van der Waals surface area contributed by atoms with E-state index in [1.54, 1.807) is 24.3 Å². The number of aliphatic hydroxyl groups excluding tert-OH is 1. The molecule has 0 saturated carbocycles. The van der Waals surface area contributed by atoms with Crippen molar-refractivity contribution in [2.45, 2.75) is 70.4 Å². The van der Waals surface area contributed by atoms with E-state index in [-0.39, 0.29) is 37.2 Å². The molecule has 9 heteroatoms. The lowest BCUT2D eigenvalue weighted by molar-refractivity contribution is -0.127. The lowest BCUT2D eigenvalue weighted by Crippen LogP contribution is -2.55. The van der Waals surface area contributed by atoms with Gasteiger partial charge in [0.15, 0.2) is 0 Å². The molecule has 0 aromatic heterocycles. The van der Waals surface area contributed by atoms with Crippen LogP contribution < -0.4 is 15.5 Å². The molecule has 3 N–H and O–H groups in total. The van der Waals surface area contributed by atoms with Gasteiger partial charge in [0.1, 0.15) is 13.2 Å². The number of hydrogen-bond acceptors (Lipinski definition) is 6. The van der Waals surface area contributed by atoms with Crippen molar-refractivity contribution in [2.75, 3.05) is 24.5 Å². The maximum absolute atomic E-state index is 13.4. The summed E-state index contributed by atoms with van der Waals surface area (Å²) in [6.07, 6.45) is 0.311. The summed E-state index contributed by atoms with van der Waals surface area (Å²) in [6.45, 7) is 6.85. The number of hydrogen-bond donors (Lipinski definition) is 3. The third kappa shape index (κ3) is 9.39. The van der Waals surface area contributed by atoms with E-state index in [4.69, 9.17) is 4.74 Å². The molecule has 0 bridgehead atoms. The number of ether oxygens (including phenoxy) is 1. The number of para-hydroxylation sites is 1. The Morgan fingerprint density at radius 2 is 1.52 bits per heavy atom. The maximum Gasteiger partial charge on any atom is 0.415 e. The molecule has 9 nitrogen and oxygen atoms in total. The van der Waals surface area contributed by atoms with E-state index >= 15 is 0 Å². The predicted octanol–water partition coefficient (Wildman–Crippen LogP) is 4.30. The molecule has 1 fully saturated rings. The van der Waals surface area contributed by atoms with Crippen LogP contribution in [0.5, 0.6) is 0 Å². The van der Waals surface area contributed by atoms with Gasteiger partial charge >= 0.3 is 6.09 Å². The number of carbonyl (C=O) groups is 3. The molecule has 44 heavy (non-hydrogen) atoms. The van der Waals surface area contributed by atoms with Crippen molar-refractivity contribution in [3.63, 3.8) is 0 Å². The number of likely N-dealkylation sites (tertiary alicyclic amines) is 1. The summed E-state index contributed by atoms with van der Waals surface area (Å²) < 4.78 is 5.55. The summed E-state index contributed by atoms with van der Waals surface area (Å²) in [7, 11) is 0. The van der Waals surface area contributed by atoms with Crippen molar-refractivity contribution in [2.24, 2.45) is 0 Å². The Kier molecular flexibility index (Phi) is 11.5. The van der Waals surface area contributed by atoms with Crippen LogP contribution in [0, 0.1) is 0 Å². The van der Waals surface area contributed by atoms with Gasteiger partial charge in [-0.3, -0.25) is 19.4 Å². The highest BCUT2D eigenvalue weighted by atomic mass is 16.6. The fourth-order valence-electron chi connectivity index (χ4n) is 5.52. The topological polar surface area (TPSA) is 111 Å². The Bertz CT molecular complexity index is 1350. The zero-order chi connectivity index (χ0) is 31.5. The Morgan fingerprint density at radius 3 is 2.14 bits per heavy atom. The Labute approximate surface area is 260 Å². The molecule has 0 unspecified atom stereocenters. The van der Waals surface area contributed by atoms with Gasteiger partial charge in [0, 0.05) is 17.8 Å². The van der Waals surface area contributed by atoms with Gasteiger partial charge < -0.3 is 20.5 Å². The highest BCUT2D eigenvalue weighted by Gasteiger charge is 2.37. The Morgan fingerprint density at radius 1 is 0.932 bits per heavy atom. The van der Waals surface area contributed by atoms with E-state index in [9.17, 15) is 19.5 Å². The van der Waals surface area contributed by atoms with E-state index in [0.29, 0.717) is 12.1 Å². The van der Waals surface area contributed by atoms with Crippen LogP contribution in [0.2, 0.25) is 0 Å². The van der Waals surface area contributed by atoms with E-state index < -0.39 is 24.1 Å². The lowest BCUT2D eigenvalue weighted by Gasteiger charge is -2.36. The largest absolute Gasteiger partial charge is 0.444 e. The van der Waals surface area contributed by atoms with E-state index in [0.717, 1.165) is 30.5 Å². The molecule has 3 aromatic carbocycles. The van der Waals surface area contributed by atoms with Crippen molar-refractivity contribution >= 4 is 23.6 Å². The van der Waals surface area contributed by atoms with Crippen LogP contribution in [0.1, 0.15) is 44.7 Å². The fourth-order valence-corrected chi connectivity index (χ4v) is 5.52. The molecule has 0 radical (unpaired) electrons. The van der Waals surface area contributed by atoms with Gasteiger partial charge in [-0.25, -0.2) is 4.79 Å². The molecule has 3 aromatic rings. The van der Waals surface area contributed by atoms with Crippen LogP contribution in [0.3, 0.4) is 0 Å². The number of amides is 3. The first-order chi connectivity index (χ1) is 21.1. The summed E-state index contributed by atoms with van der Waals surface area (Å²) in [4.78, 5) is 43.2. The average Bonchev–Trinajstić information content (AvgIpc) is 3.54. The van der Waals surface area contributed by atoms with Crippen molar-refractivity contribution in [1.29, 1.82) is 0 Å². The number of aliphatic hydroxyl groups is 1. The molecule has 1 saturated heterocycles. The zero-order valence-corrected chi connectivity index (χ0v) is 25.8. The van der Waals surface area contributed by atoms with Gasteiger partial charge in [-0.2, -0.15) is 0 Å². The van der Waals surface area contributed by atoms with Gasteiger partial charge in [0.05, 0.1) is 18.2 Å². The molecule has 3 atom stereocenters. The summed E-state index contributed by atoms with van der Waals surface area (Å²) in [5.74, 6) is -0.593. The van der Waals surface area contributed by atoms with E-state index in [2.05, 4.69) is 36.3 Å². The third-order valence-electron chi connectivity index (χ3n) is 7.81. The van der Waals surface area contributed by atoms with Crippen molar-refractivity contribution < 1.29 is 24.2 Å². The van der Waals surface area contributed by atoms with Crippen LogP contribution >= 0.6 is 0 Å². The van der Waals surface area contributed by atoms with Crippen molar-refractivity contribution in [3.05, 3.63) is 102 Å². The third-order valence-corrected chi connectivity index (χ3v) is 7.81. The number of nitrogens with zero attached hydrogens (tertiary/aromatic N) is 2. The number of carbonyl (C=O) groups excluding carboxylic acids is 3. The highest BCUT2D eigenvalue weighted by Crippen LogP contribution is 2.26. The monoisotopic (exact) mass is 600 g/mol. The smallest absolute Gasteiger partial charge is 0.415 e. The first-order valence-corrected chi connectivity index (χ1v) is 15.2. The Hall–Kier alpha value is -4.21. The summed E-state index contributed by atoms with van der Waals surface area (Å²) >= 11 is 0. The maximum atomic E-state index is 13.4. The Balaban J connectivity index is 1.43. The lowest BCUT2D eigenvalue weighted by atomic mass is 10.0.